The van der Waals surface area contributed by atoms with Crippen molar-refractivity contribution in [1.29, 1.82) is 0 Å². The van der Waals surface area contributed by atoms with Crippen LogP contribution in [0.5, 0.6) is 0 Å². The number of hydrogen-bond donors (Lipinski definition) is 1. The van der Waals surface area contributed by atoms with Gasteiger partial charge in [-0.05, 0) is 48.9 Å². The molecule has 0 heterocycles. The zero-order valence-electron chi connectivity index (χ0n) is 8.09. The highest BCUT2D eigenvalue weighted by molar-refractivity contribution is 9.10. The lowest BCUT2D eigenvalue weighted by Crippen LogP contribution is -2.29. The van der Waals surface area contributed by atoms with Crippen molar-refractivity contribution in [2.24, 2.45) is 5.73 Å². The second-order valence-corrected chi connectivity index (χ2v) is 5.58. The van der Waals surface area contributed by atoms with E-state index in [-0.39, 0.29) is 5.54 Å². The molecule has 1 unspecified atom stereocenters. The Balaban J connectivity index is 2.02. The summed E-state index contributed by atoms with van der Waals surface area (Å²) >= 11 is 3.52. The molecule has 1 atom stereocenters. The van der Waals surface area contributed by atoms with Crippen LogP contribution in [0.1, 0.15) is 36.3 Å². The average Bonchev–Trinajstić information content (AvgIpc) is 2.77. The van der Waals surface area contributed by atoms with Gasteiger partial charge >= 0.3 is 0 Å². The second kappa shape index (κ2) is 2.83. The fraction of sp³-hybridized carbons (Fsp3) is 0.500. The predicted molar refractivity (Wildman–Crippen MR) is 61.4 cm³/mol. The smallest absolute Gasteiger partial charge is 0.0225 e. The number of halogens is 1. The molecule has 74 valence electrons. The van der Waals surface area contributed by atoms with Crippen LogP contribution in [0.25, 0.3) is 0 Å². The Morgan fingerprint density at radius 3 is 2.86 bits per heavy atom. The molecule has 0 bridgehead atoms. The van der Waals surface area contributed by atoms with E-state index in [1.165, 1.54) is 41.3 Å². The number of fused-ring (bicyclic) bond motifs is 1. The summed E-state index contributed by atoms with van der Waals surface area (Å²) in [6.45, 7) is 0. The Morgan fingerprint density at radius 2 is 2.14 bits per heavy atom. The molecule has 2 aliphatic carbocycles. The largest absolute Gasteiger partial charge is 0.325 e. The van der Waals surface area contributed by atoms with Crippen LogP contribution in [0, 0.1) is 0 Å². The fourth-order valence-corrected chi connectivity index (χ4v) is 3.08. The first-order chi connectivity index (χ1) is 6.69. The Bertz CT molecular complexity index is 382. The van der Waals surface area contributed by atoms with Gasteiger partial charge in [0.05, 0.1) is 0 Å². The van der Waals surface area contributed by atoms with Crippen molar-refractivity contribution < 1.29 is 0 Å². The number of benzene rings is 1. The van der Waals surface area contributed by atoms with Crippen molar-refractivity contribution in [2.45, 2.75) is 37.1 Å². The van der Waals surface area contributed by atoms with E-state index in [0.717, 1.165) is 0 Å². The van der Waals surface area contributed by atoms with Crippen molar-refractivity contribution in [1.82, 2.24) is 0 Å². The van der Waals surface area contributed by atoms with Gasteiger partial charge in [0.2, 0.25) is 0 Å². The van der Waals surface area contributed by atoms with Gasteiger partial charge in [-0.2, -0.15) is 0 Å². The van der Waals surface area contributed by atoms with Gasteiger partial charge in [0.25, 0.3) is 0 Å². The maximum atomic E-state index is 6.29. The zero-order valence-corrected chi connectivity index (χ0v) is 9.68. The average molecular weight is 252 g/mol. The van der Waals surface area contributed by atoms with Gasteiger partial charge in [0, 0.05) is 15.9 Å². The monoisotopic (exact) mass is 251 g/mol. The number of hydrogen-bond acceptors (Lipinski definition) is 1. The van der Waals surface area contributed by atoms with E-state index in [1.54, 1.807) is 0 Å². The third-order valence-electron chi connectivity index (χ3n) is 3.70. The first kappa shape index (κ1) is 8.93. The summed E-state index contributed by atoms with van der Waals surface area (Å²) in [4.78, 5) is 0. The number of rotatable bonds is 1. The van der Waals surface area contributed by atoms with E-state index < -0.39 is 0 Å². The molecule has 0 aromatic heterocycles. The van der Waals surface area contributed by atoms with Crippen LogP contribution in [-0.4, -0.2) is 5.54 Å². The van der Waals surface area contributed by atoms with E-state index >= 15 is 0 Å². The normalized spacial score (nSPS) is 27.4. The third kappa shape index (κ3) is 1.24. The van der Waals surface area contributed by atoms with Gasteiger partial charge in [-0.3, -0.25) is 0 Å². The maximum Gasteiger partial charge on any atom is 0.0225 e. The molecule has 1 nitrogen and oxygen atoms in total. The second-order valence-electron chi connectivity index (χ2n) is 4.67. The molecule has 2 heteroatoms. The molecule has 1 aromatic rings. The minimum atomic E-state index is 0.152. The molecule has 3 rings (SSSR count). The number of nitrogens with two attached hydrogens (primary N) is 1. The summed E-state index contributed by atoms with van der Waals surface area (Å²) in [5.74, 6) is 0.630. The summed E-state index contributed by atoms with van der Waals surface area (Å²) in [5, 5.41) is 0. The highest BCUT2D eigenvalue weighted by Gasteiger charge is 2.48. The quantitative estimate of drug-likeness (QED) is 0.817. The number of aryl methyl sites for hydroxylation is 1. The van der Waals surface area contributed by atoms with Gasteiger partial charge in [0.1, 0.15) is 0 Å². The molecule has 0 amide bonds. The van der Waals surface area contributed by atoms with Crippen molar-refractivity contribution >= 4 is 15.9 Å². The Morgan fingerprint density at radius 1 is 1.36 bits per heavy atom. The van der Waals surface area contributed by atoms with Crippen LogP contribution in [0.15, 0.2) is 22.7 Å². The molecule has 2 aliphatic rings. The lowest BCUT2D eigenvalue weighted by Gasteiger charge is -2.18. The van der Waals surface area contributed by atoms with E-state index in [2.05, 4.69) is 34.1 Å². The Hall–Kier alpha value is -0.340. The highest BCUT2D eigenvalue weighted by Crippen LogP contribution is 2.51. The molecule has 0 aliphatic heterocycles. The van der Waals surface area contributed by atoms with Crippen LogP contribution >= 0.6 is 15.9 Å². The first-order valence-corrected chi connectivity index (χ1v) is 6.05. The van der Waals surface area contributed by atoms with Gasteiger partial charge in [-0.15, -0.1) is 0 Å². The first-order valence-electron chi connectivity index (χ1n) is 5.26. The Kier molecular flexibility index (Phi) is 1.80. The SMILES string of the molecule is NC1(C2CCc3cc(Br)ccc32)CC1. The van der Waals surface area contributed by atoms with Crippen LogP contribution in [0.2, 0.25) is 0 Å². The van der Waals surface area contributed by atoms with Crippen molar-refractivity contribution in [3.63, 3.8) is 0 Å². The van der Waals surface area contributed by atoms with E-state index in [1.807, 2.05) is 0 Å². The lowest BCUT2D eigenvalue weighted by molar-refractivity contribution is 0.516. The van der Waals surface area contributed by atoms with E-state index in [4.69, 9.17) is 5.73 Å². The van der Waals surface area contributed by atoms with E-state index in [9.17, 15) is 0 Å². The molecule has 0 radical (unpaired) electrons. The minimum Gasteiger partial charge on any atom is -0.325 e. The lowest BCUT2D eigenvalue weighted by atomic mass is 9.92. The Labute approximate surface area is 92.8 Å². The molecule has 2 N–H and O–H groups in total. The van der Waals surface area contributed by atoms with Gasteiger partial charge in [-0.1, -0.05) is 22.0 Å². The van der Waals surface area contributed by atoms with Crippen molar-refractivity contribution in [3.05, 3.63) is 33.8 Å². The summed E-state index contributed by atoms with van der Waals surface area (Å²) in [6.07, 6.45) is 4.89. The maximum absolute atomic E-state index is 6.29. The molecule has 1 saturated carbocycles. The molecule has 1 fully saturated rings. The molecule has 0 spiro atoms. The molecular formula is C12H14BrN. The van der Waals surface area contributed by atoms with Gasteiger partial charge in [0.15, 0.2) is 0 Å². The van der Waals surface area contributed by atoms with Gasteiger partial charge in [-0.25, -0.2) is 0 Å². The summed E-state index contributed by atoms with van der Waals surface area (Å²) < 4.78 is 1.19. The van der Waals surface area contributed by atoms with Crippen molar-refractivity contribution in [3.8, 4) is 0 Å². The van der Waals surface area contributed by atoms with E-state index in [0.29, 0.717) is 5.92 Å². The van der Waals surface area contributed by atoms with Crippen LogP contribution < -0.4 is 5.73 Å². The van der Waals surface area contributed by atoms with Crippen molar-refractivity contribution in [2.75, 3.05) is 0 Å². The highest BCUT2D eigenvalue weighted by atomic mass is 79.9. The predicted octanol–water partition coefficient (Wildman–Crippen LogP) is 2.97. The van der Waals surface area contributed by atoms with Crippen LogP contribution in [-0.2, 0) is 6.42 Å². The topological polar surface area (TPSA) is 26.0 Å². The minimum absolute atomic E-state index is 0.152. The van der Waals surface area contributed by atoms with Crippen LogP contribution in [0.3, 0.4) is 0 Å². The summed E-state index contributed by atoms with van der Waals surface area (Å²) in [6, 6.07) is 6.65. The summed E-state index contributed by atoms with van der Waals surface area (Å²) in [7, 11) is 0. The molecular weight excluding hydrogens is 238 g/mol. The molecule has 14 heavy (non-hydrogen) atoms. The van der Waals surface area contributed by atoms with Crippen LogP contribution in [0.4, 0.5) is 0 Å². The molecule has 1 aromatic carbocycles. The third-order valence-corrected chi connectivity index (χ3v) is 4.20. The summed E-state index contributed by atoms with van der Waals surface area (Å²) in [5.41, 5.74) is 9.45. The fourth-order valence-electron chi connectivity index (χ4n) is 2.68. The standard InChI is InChI=1S/C12H14BrN/c13-9-2-3-10-8(7-9)1-4-11(10)12(14)5-6-12/h2-3,7,11H,1,4-6,14H2. The van der Waals surface area contributed by atoms with Gasteiger partial charge < -0.3 is 5.73 Å². The zero-order chi connectivity index (χ0) is 9.76. The molecule has 0 saturated heterocycles.